The number of anilines is 2. The Kier molecular flexibility index (Phi) is 7.59. The lowest BCUT2D eigenvalue weighted by Gasteiger charge is -2.24. The summed E-state index contributed by atoms with van der Waals surface area (Å²) in [5.74, 6) is 0.265. The average Bonchev–Trinajstić information content (AvgIpc) is 3.13. The zero-order chi connectivity index (χ0) is 21.7. The second-order valence-corrected chi connectivity index (χ2v) is 11.0. The molecule has 3 aromatic rings. The largest absolute Gasteiger partial charge is 0.299 e. The van der Waals surface area contributed by atoms with Crippen LogP contribution < -0.4 is 9.62 Å². The summed E-state index contributed by atoms with van der Waals surface area (Å²) in [5.41, 5.74) is 0.257. The smallest absolute Gasteiger partial charge is 0.264 e. The molecule has 0 saturated carbocycles. The lowest BCUT2D eigenvalue weighted by atomic mass is 10.3. The van der Waals surface area contributed by atoms with Crippen LogP contribution >= 0.6 is 46.3 Å². The number of carbonyl (C=O) groups is 1. The van der Waals surface area contributed by atoms with E-state index in [0.717, 1.165) is 10.1 Å². The molecule has 2 aromatic carbocycles. The van der Waals surface area contributed by atoms with Crippen molar-refractivity contribution in [2.45, 2.75) is 16.2 Å². The molecule has 0 aliphatic carbocycles. The summed E-state index contributed by atoms with van der Waals surface area (Å²) in [7, 11) is -4.06. The molecule has 0 radical (unpaired) electrons. The minimum absolute atomic E-state index is 0.00257. The fraction of sp³-hybridized carbons (Fsp3) is 0.167. The van der Waals surface area contributed by atoms with Gasteiger partial charge in [0.1, 0.15) is 6.54 Å². The Balaban J connectivity index is 1.89. The molecular weight excluding hydrogens is 487 g/mol. The van der Waals surface area contributed by atoms with Crippen molar-refractivity contribution in [1.82, 2.24) is 10.2 Å². The number of hydrogen-bond donors (Lipinski definition) is 1. The number of nitrogens with one attached hydrogen (secondary N) is 1. The summed E-state index contributed by atoms with van der Waals surface area (Å²) in [6.45, 7) is 1.51. The molecule has 0 fully saturated rings. The van der Waals surface area contributed by atoms with Gasteiger partial charge in [-0.15, -0.1) is 10.2 Å². The fourth-order valence-electron chi connectivity index (χ4n) is 2.41. The van der Waals surface area contributed by atoms with Crippen LogP contribution in [0.15, 0.2) is 57.8 Å². The topological polar surface area (TPSA) is 92.3 Å². The molecule has 1 amide bonds. The molecule has 1 N–H and O–H groups in total. The molecule has 0 spiro atoms. The van der Waals surface area contributed by atoms with E-state index in [1.165, 1.54) is 53.4 Å². The number of hydrogen-bond acceptors (Lipinski definition) is 7. The third kappa shape index (κ3) is 5.64. The zero-order valence-corrected chi connectivity index (χ0v) is 19.5. The molecule has 0 aliphatic heterocycles. The molecule has 0 bridgehead atoms. The molecule has 158 valence electrons. The van der Waals surface area contributed by atoms with Gasteiger partial charge in [0.2, 0.25) is 11.0 Å². The third-order valence-electron chi connectivity index (χ3n) is 3.71. The van der Waals surface area contributed by atoms with Gasteiger partial charge in [-0.1, -0.05) is 59.3 Å². The van der Waals surface area contributed by atoms with Crippen molar-refractivity contribution >= 4 is 73.0 Å². The molecule has 0 atom stereocenters. The Morgan fingerprint density at radius 3 is 2.53 bits per heavy atom. The SMILES string of the molecule is CCSc1nnc(NC(=O)CN(c2cccc(Cl)c2)S(=O)(=O)c2ccc(Cl)cc2)s1. The van der Waals surface area contributed by atoms with Crippen molar-refractivity contribution in [3.05, 3.63) is 58.6 Å². The Hall–Kier alpha value is -1.85. The van der Waals surface area contributed by atoms with Crippen molar-refractivity contribution in [3.8, 4) is 0 Å². The molecule has 30 heavy (non-hydrogen) atoms. The molecule has 12 heteroatoms. The van der Waals surface area contributed by atoms with Gasteiger partial charge >= 0.3 is 0 Å². The lowest BCUT2D eigenvalue weighted by Crippen LogP contribution is -2.38. The number of halogens is 2. The standard InChI is InChI=1S/C18H16Cl2N4O3S3/c1-2-28-18-23-22-17(29-18)21-16(25)11-24(14-5-3-4-13(20)10-14)30(26,27)15-8-6-12(19)7-9-15/h3-10H,2,11H2,1H3,(H,21,22,25). The van der Waals surface area contributed by atoms with Crippen LogP contribution in [0.5, 0.6) is 0 Å². The highest BCUT2D eigenvalue weighted by Crippen LogP contribution is 2.28. The maximum atomic E-state index is 13.3. The van der Waals surface area contributed by atoms with Gasteiger partial charge in [-0.25, -0.2) is 8.42 Å². The van der Waals surface area contributed by atoms with Crippen LogP contribution in [0.2, 0.25) is 10.0 Å². The number of amides is 1. The summed E-state index contributed by atoms with van der Waals surface area (Å²) in [6, 6.07) is 12.0. The van der Waals surface area contributed by atoms with Gasteiger partial charge in [-0.2, -0.15) is 0 Å². The molecule has 7 nitrogen and oxygen atoms in total. The van der Waals surface area contributed by atoms with E-state index in [4.69, 9.17) is 23.2 Å². The number of sulfonamides is 1. The molecule has 1 aromatic heterocycles. The van der Waals surface area contributed by atoms with Crippen molar-refractivity contribution < 1.29 is 13.2 Å². The minimum Gasteiger partial charge on any atom is -0.299 e. The van der Waals surface area contributed by atoms with Crippen LogP contribution in [-0.2, 0) is 14.8 Å². The second kappa shape index (κ2) is 9.97. The average molecular weight is 503 g/mol. The number of aromatic nitrogens is 2. The first-order chi connectivity index (χ1) is 14.3. The molecule has 0 unspecified atom stereocenters. The summed E-state index contributed by atoms with van der Waals surface area (Å²) < 4.78 is 28.2. The number of carbonyl (C=O) groups excluding carboxylic acids is 1. The van der Waals surface area contributed by atoms with E-state index < -0.39 is 22.5 Å². The van der Waals surface area contributed by atoms with Crippen LogP contribution in [0.4, 0.5) is 10.8 Å². The van der Waals surface area contributed by atoms with E-state index in [0.29, 0.717) is 19.5 Å². The molecule has 0 aliphatic rings. The number of nitrogens with zero attached hydrogens (tertiary/aromatic N) is 3. The van der Waals surface area contributed by atoms with E-state index in [9.17, 15) is 13.2 Å². The van der Waals surface area contributed by atoms with E-state index >= 15 is 0 Å². The summed E-state index contributed by atoms with van der Waals surface area (Å²) in [6.07, 6.45) is 0. The van der Waals surface area contributed by atoms with Gasteiger partial charge in [0.25, 0.3) is 10.0 Å². The molecule has 1 heterocycles. The molecule has 0 saturated heterocycles. The van der Waals surface area contributed by atoms with Gasteiger partial charge in [0, 0.05) is 10.0 Å². The first kappa shape index (κ1) is 22.8. The van der Waals surface area contributed by atoms with Crippen LogP contribution in [0.1, 0.15) is 6.92 Å². The highest BCUT2D eigenvalue weighted by Gasteiger charge is 2.27. The van der Waals surface area contributed by atoms with Crippen LogP contribution in [-0.4, -0.2) is 36.8 Å². The van der Waals surface area contributed by atoms with Crippen LogP contribution in [0.25, 0.3) is 0 Å². The van der Waals surface area contributed by atoms with Crippen LogP contribution in [0, 0.1) is 0 Å². The zero-order valence-electron chi connectivity index (χ0n) is 15.6. The van der Waals surface area contributed by atoms with E-state index in [-0.39, 0.29) is 10.6 Å². The highest BCUT2D eigenvalue weighted by molar-refractivity contribution is 8.01. The van der Waals surface area contributed by atoms with Crippen LogP contribution in [0.3, 0.4) is 0 Å². The maximum Gasteiger partial charge on any atom is 0.264 e. The lowest BCUT2D eigenvalue weighted by molar-refractivity contribution is -0.114. The molecular formula is C18H16Cl2N4O3S3. The van der Waals surface area contributed by atoms with E-state index in [1.807, 2.05) is 6.92 Å². The normalized spacial score (nSPS) is 11.3. The van der Waals surface area contributed by atoms with Gasteiger partial charge < -0.3 is 0 Å². The Morgan fingerprint density at radius 1 is 1.13 bits per heavy atom. The van der Waals surface area contributed by atoms with Crippen molar-refractivity contribution in [1.29, 1.82) is 0 Å². The Labute approximate surface area is 192 Å². The second-order valence-electron chi connectivity index (χ2n) is 5.80. The van der Waals surface area contributed by atoms with Gasteiger partial charge in [-0.3, -0.25) is 14.4 Å². The van der Waals surface area contributed by atoms with Gasteiger partial charge in [0.05, 0.1) is 10.6 Å². The van der Waals surface area contributed by atoms with E-state index in [2.05, 4.69) is 15.5 Å². The maximum absolute atomic E-state index is 13.3. The summed E-state index contributed by atoms with van der Waals surface area (Å²) in [4.78, 5) is 12.6. The number of rotatable bonds is 8. The Morgan fingerprint density at radius 2 is 1.87 bits per heavy atom. The Bertz CT molecular complexity index is 1140. The summed E-state index contributed by atoms with van der Waals surface area (Å²) >= 11 is 14.6. The molecule has 3 rings (SSSR count). The fourth-order valence-corrected chi connectivity index (χ4v) is 5.80. The third-order valence-corrected chi connectivity index (χ3v) is 7.83. The van der Waals surface area contributed by atoms with Crippen molar-refractivity contribution in [2.75, 3.05) is 21.9 Å². The van der Waals surface area contributed by atoms with Gasteiger partial charge in [-0.05, 0) is 48.2 Å². The first-order valence-electron chi connectivity index (χ1n) is 8.59. The highest BCUT2D eigenvalue weighted by atomic mass is 35.5. The predicted octanol–water partition coefficient (Wildman–Crippen LogP) is 4.79. The summed E-state index contributed by atoms with van der Waals surface area (Å²) in [5, 5.41) is 11.5. The van der Waals surface area contributed by atoms with Crippen molar-refractivity contribution in [2.24, 2.45) is 0 Å². The number of benzene rings is 2. The van der Waals surface area contributed by atoms with E-state index in [1.54, 1.807) is 18.2 Å². The van der Waals surface area contributed by atoms with Gasteiger partial charge in [0.15, 0.2) is 4.34 Å². The monoisotopic (exact) mass is 502 g/mol. The predicted molar refractivity (Wildman–Crippen MR) is 122 cm³/mol. The first-order valence-corrected chi connectivity index (χ1v) is 12.6. The van der Waals surface area contributed by atoms with Crippen molar-refractivity contribution in [3.63, 3.8) is 0 Å². The minimum atomic E-state index is -4.06. The quantitative estimate of drug-likeness (QED) is 0.351. The number of thioether (sulfide) groups is 1.